The molecule has 17 rings (SSSR count). The Kier molecular flexibility index (Phi) is 7.11. The second-order valence-electron chi connectivity index (χ2n) is 21.1. The lowest BCUT2D eigenvalue weighted by molar-refractivity contribution is 0.662. The summed E-state index contributed by atoms with van der Waals surface area (Å²) in [6.07, 6.45) is 0. The van der Waals surface area contributed by atoms with Crippen molar-refractivity contribution in [2.45, 2.75) is 19.3 Å². The summed E-state index contributed by atoms with van der Waals surface area (Å²) < 4.78 is 0. The van der Waals surface area contributed by atoms with Gasteiger partial charge in [0.15, 0.2) is 0 Å². The van der Waals surface area contributed by atoms with Crippen LogP contribution in [0, 0.1) is 0 Å². The molecule has 0 amide bonds. The fourth-order valence-corrected chi connectivity index (χ4v) is 13.9. The molecule has 0 atom stereocenters. The van der Waals surface area contributed by atoms with Crippen molar-refractivity contribution in [3.63, 3.8) is 0 Å². The van der Waals surface area contributed by atoms with E-state index in [-0.39, 0.29) is 5.41 Å². The van der Waals surface area contributed by atoms with E-state index in [1.165, 1.54) is 174 Å². The van der Waals surface area contributed by atoms with Crippen LogP contribution in [0.25, 0.3) is 163 Å². The second kappa shape index (κ2) is 13.3. The Hall–Kier alpha value is -8.84. The van der Waals surface area contributed by atoms with E-state index >= 15 is 0 Å². The highest BCUT2D eigenvalue weighted by Crippen LogP contribution is 2.54. The van der Waals surface area contributed by atoms with Crippen LogP contribution in [0.2, 0.25) is 0 Å². The fraction of sp³-hybridized carbons (Fsp3) is 0.0423. The average Bonchev–Trinajstić information content (AvgIpc) is 3.64. The van der Waals surface area contributed by atoms with Crippen LogP contribution < -0.4 is 0 Å². The predicted molar refractivity (Wildman–Crippen MR) is 307 cm³/mol. The van der Waals surface area contributed by atoms with Crippen molar-refractivity contribution in [1.29, 1.82) is 0 Å². The van der Waals surface area contributed by atoms with Gasteiger partial charge in [0, 0.05) is 5.41 Å². The van der Waals surface area contributed by atoms with Gasteiger partial charge in [0.05, 0.1) is 0 Å². The van der Waals surface area contributed by atoms with E-state index in [4.69, 9.17) is 0 Å². The molecular weight excluding hydrogens is 853 g/mol. The molecule has 0 aliphatic heterocycles. The molecule has 0 nitrogen and oxygen atoms in total. The van der Waals surface area contributed by atoms with Crippen molar-refractivity contribution in [2.75, 3.05) is 0 Å². The van der Waals surface area contributed by atoms with Crippen molar-refractivity contribution in [2.24, 2.45) is 0 Å². The van der Waals surface area contributed by atoms with Crippen molar-refractivity contribution >= 4 is 129 Å². The third kappa shape index (κ3) is 4.89. The molecular formula is C71H42. The largest absolute Gasteiger partial charge is 0.0616 e. The van der Waals surface area contributed by atoms with Gasteiger partial charge in [-0.25, -0.2) is 0 Å². The highest BCUT2D eigenvalue weighted by Gasteiger charge is 2.37. The maximum Gasteiger partial charge on any atom is 0.0159 e. The van der Waals surface area contributed by atoms with E-state index < -0.39 is 0 Å². The number of hydrogen-bond donors (Lipinski definition) is 0. The lowest BCUT2D eigenvalue weighted by Crippen LogP contribution is -2.15. The van der Waals surface area contributed by atoms with Gasteiger partial charge in [-0.05, 0) is 210 Å². The minimum Gasteiger partial charge on any atom is -0.0616 e. The van der Waals surface area contributed by atoms with Crippen LogP contribution in [0.15, 0.2) is 218 Å². The Morgan fingerprint density at radius 1 is 0.211 bits per heavy atom. The standard InChI is InChI=1S/C71H42/c1-71(2)65-37-61-53-29-25-45(47-27-21-43-19-17-39-9-7-11-41-23-31-55(47)69(43)67(39)41)33-57(53)49-13-3-5-15-51(49)59(61)35-63(65)64-36-60-52-16-6-4-14-50(52)58-34-46(26-30-54(58)62(60)38-66(64)71)48-28-22-44-20-18-40-10-8-12-42-24-32-56(48)70(44)68(40)42/h3-38H,1-2H3. The van der Waals surface area contributed by atoms with E-state index in [1.54, 1.807) is 0 Å². The molecule has 1 aliphatic rings. The SMILES string of the molecule is CC1(C)c2cc3c4ccc(-c5ccc6ccc7cccc8ccc5c6c78)cc4c4ccccc4c3cc2-c2cc3c4ccccc4c4cc(-c5ccc6ccc7cccc8ccc5c6c78)ccc4c3cc21. The van der Waals surface area contributed by atoms with Crippen LogP contribution in [0.4, 0.5) is 0 Å². The van der Waals surface area contributed by atoms with Gasteiger partial charge in [-0.1, -0.05) is 196 Å². The van der Waals surface area contributed by atoms with Crippen molar-refractivity contribution in [3.05, 3.63) is 230 Å². The van der Waals surface area contributed by atoms with Crippen LogP contribution >= 0.6 is 0 Å². The molecule has 16 aromatic rings. The molecule has 71 heavy (non-hydrogen) atoms. The third-order valence-corrected chi connectivity index (χ3v) is 17.3. The molecule has 0 unspecified atom stereocenters. The lowest BCUT2D eigenvalue weighted by Gasteiger charge is -2.23. The first-order chi connectivity index (χ1) is 34.9. The van der Waals surface area contributed by atoms with E-state index in [0.717, 1.165) is 0 Å². The first-order valence-corrected chi connectivity index (χ1v) is 25.1. The van der Waals surface area contributed by atoms with Crippen LogP contribution in [0.5, 0.6) is 0 Å². The van der Waals surface area contributed by atoms with Gasteiger partial charge in [0.2, 0.25) is 0 Å². The van der Waals surface area contributed by atoms with Crippen LogP contribution in [0.1, 0.15) is 25.0 Å². The normalized spacial score (nSPS) is 13.6. The second-order valence-corrected chi connectivity index (χ2v) is 21.1. The van der Waals surface area contributed by atoms with Gasteiger partial charge >= 0.3 is 0 Å². The fourth-order valence-electron chi connectivity index (χ4n) is 13.9. The Balaban J connectivity index is 0.863. The molecule has 0 spiro atoms. The zero-order chi connectivity index (χ0) is 46.4. The molecule has 0 radical (unpaired) electrons. The van der Waals surface area contributed by atoms with Gasteiger partial charge < -0.3 is 0 Å². The molecule has 0 fully saturated rings. The summed E-state index contributed by atoms with van der Waals surface area (Å²) in [5.74, 6) is 0. The molecule has 326 valence electrons. The van der Waals surface area contributed by atoms with Gasteiger partial charge in [-0.3, -0.25) is 0 Å². The zero-order valence-electron chi connectivity index (χ0n) is 39.3. The summed E-state index contributed by atoms with van der Waals surface area (Å²) in [6.45, 7) is 4.89. The summed E-state index contributed by atoms with van der Waals surface area (Å²) in [5.41, 5.74) is 10.3. The predicted octanol–water partition coefficient (Wildman–Crippen LogP) is 20.0. The van der Waals surface area contributed by atoms with Crippen LogP contribution in [-0.4, -0.2) is 0 Å². The van der Waals surface area contributed by atoms with Crippen molar-refractivity contribution in [1.82, 2.24) is 0 Å². The molecule has 1 aliphatic carbocycles. The third-order valence-electron chi connectivity index (χ3n) is 17.3. The number of fused-ring (bicyclic) bond motifs is 15. The maximum atomic E-state index is 2.55. The number of hydrogen-bond acceptors (Lipinski definition) is 0. The molecule has 0 aromatic heterocycles. The molecule has 0 bridgehead atoms. The summed E-state index contributed by atoms with van der Waals surface area (Å²) in [4.78, 5) is 0. The Morgan fingerprint density at radius 2 is 0.521 bits per heavy atom. The van der Waals surface area contributed by atoms with Gasteiger partial charge in [0.1, 0.15) is 0 Å². The lowest BCUT2D eigenvalue weighted by atomic mass is 9.80. The zero-order valence-corrected chi connectivity index (χ0v) is 39.3. The Bertz CT molecular complexity index is 4710. The van der Waals surface area contributed by atoms with E-state index in [0.29, 0.717) is 0 Å². The van der Waals surface area contributed by atoms with Crippen LogP contribution in [-0.2, 0) is 5.41 Å². The van der Waals surface area contributed by atoms with Gasteiger partial charge in [-0.2, -0.15) is 0 Å². The van der Waals surface area contributed by atoms with Gasteiger partial charge in [-0.15, -0.1) is 0 Å². The van der Waals surface area contributed by atoms with Gasteiger partial charge in [0.25, 0.3) is 0 Å². The van der Waals surface area contributed by atoms with Crippen molar-refractivity contribution in [3.8, 4) is 33.4 Å². The van der Waals surface area contributed by atoms with Crippen molar-refractivity contribution < 1.29 is 0 Å². The Labute approximate surface area is 409 Å². The quantitative estimate of drug-likeness (QED) is 0.152. The van der Waals surface area contributed by atoms with E-state index in [1.807, 2.05) is 0 Å². The highest BCUT2D eigenvalue weighted by molar-refractivity contribution is 6.31. The number of benzene rings is 16. The highest BCUT2D eigenvalue weighted by atomic mass is 14.4. The summed E-state index contributed by atoms with van der Waals surface area (Å²) >= 11 is 0. The average molecular weight is 895 g/mol. The Morgan fingerprint density at radius 3 is 0.930 bits per heavy atom. The summed E-state index contributed by atoms with van der Waals surface area (Å²) in [7, 11) is 0. The summed E-state index contributed by atoms with van der Waals surface area (Å²) in [5, 5.41) is 31.5. The molecule has 0 heteroatoms. The minimum absolute atomic E-state index is 0.216. The molecule has 0 heterocycles. The topological polar surface area (TPSA) is 0 Å². The smallest absolute Gasteiger partial charge is 0.0159 e. The molecule has 0 saturated carbocycles. The monoisotopic (exact) mass is 894 g/mol. The van der Waals surface area contributed by atoms with E-state index in [9.17, 15) is 0 Å². The number of rotatable bonds is 2. The summed E-state index contributed by atoms with van der Waals surface area (Å²) in [6, 6.07) is 83.8. The molecule has 0 N–H and O–H groups in total. The molecule has 16 aromatic carbocycles. The maximum absolute atomic E-state index is 2.55. The van der Waals surface area contributed by atoms with Crippen LogP contribution in [0.3, 0.4) is 0 Å². The van der Waals surface area contributed by atoms with E-state index in [2.05, 4.69) is 232 Å². The minimum atomic E-state index is -0.216. The first kappa shape index (κ1) is 38.1. The first-order valence-electron chi connectivity index (χ1n) is 25.1. The molecule has 0 saturated heterocycles.